The van der Waals surface area contributed by atoms with E-state index >= 15 is 0 Å². The summed E-state index contributed by atoms with van der Waals surface area (Å²) >= 11 is 0. The van der Waals surface area contributed by atoms with E-state index in [4.69, 9.17) is 9.72 Å². The summed E-state index contributed by atoms with van der Waals surface area (Å²) in [6, 6.07) is 16.0. The smallest absolute Gasteiger partial charge is 0.257 e. The number of nitrogens with one attached hydrogen (secondary N) is 2. The molecule has 2 aliphatic heterocycles. The van der Waals surface area contributed by atoms with Crippen LogP contribution in [0.3, 0.4) is 0 Å². The normalized spacial score (nSPS) is 14.8. The van der Waals surface area contributed by atoms with Crippen LogP contribution in [0.15, 0.2) is 60.9 Å². The Morgan fingerprint density at radius 2 is 1.85 bits per heavy atom. The third-order valence-corrected chi connectivity index (χ3v) is 7.88. The number of aryl methyl sites for hydroxylation is 2. The summed E-state index contributed by atoms with van der Waals surface area (Å²) in [5, 5.41) is 6.46. The third-order valence-electron chi connectivity index (χ3n) is 7.88. The first kappa shape index (κ1) is 25.9. The predicted molar refractivity (Wildman–Crippen MR) is 159 cm³/mol. The number of aromatic nitrogens is 3. The number of piperazine rings is 1. The number of fused-ring (bicyclic) bond motifs is 3. The highest BCUT2D eigenvalue weighted by Crippen LogP contribution is 2.33. The van der Waals surface area contributed by atoms with Crippen LogP contribution in [-0.4, -0.2) is 65.7 Å². The van der Waals surface area contributed by atoms with Gasteiger partial charge in [-0.15, -0.1) is 0 Å². The maximum absolute atomic E-state index is 13.3. The van der Waals surface area contributed by atoms with Crippen molar-refractivity contribution in [1.29, 1.82) is 0 Å². The fraction of sp³-hybridized carbons (Fsp3) is 0.323. The van der Waals surface area contributed by atoms with Crippen molar-refractivity contribution in [2.45, 2.75) is 26.2 Å². The molecular weight excluding hydrogens is 502 g/mol. The minimum Gasteiger partial charge on any atom is -0.494 e. The van der Waals surface area contributed by atoms with Gasteiger partial charge in [-0.05, 0) is 56.1 Å². The van der Waals surface area contributed by atoms with Crippen LogP contribution < -0.4 is 20.3 Å². The fourth-order valence-corrected chi connectivity index (χ4v) is 5.53. The quantitative estimate of drug-likeness (QED) is 0.354. The molecule has 4 aromatic rings. The van der Waals surface area contributed by atoms with Gasteiger partial charge in [0.05, 0.1) is 18.4 Å². The van der Waals surface area contributed by atoms with E-state index < -0.39 is 0 Å². The molecule has 206 valence electrons. The summed E-state index contributed by atoms with van der Waals surface area (Å²) in [7, 11) is 3.84. The molecule has 0 saturated carbocycles. The molecule has 1 fully saturated rings. The van der Waals surface area contributed by atoms with Crippen molar-refractivity contribution in [1.82, 2.24) is 19.4 Å². The van der Waals surface area contributed by atoms with E-state index in [0.717, 1.165) is 90.9 Å². The lowest BCUT2D eigenvalue weighted by molar-refractivity contribution is 0.102. The molecule has 0 atom stereocenters. The number of likely N-dealkylation sites (N-methyl/N-ethyl adjacent to an activating group) is 1. The molecule has 6 rings (SSSR count). The molecule has 0 unspecified atom stereocenters. The van der Waals surface area contributed by atoms with Crippen LogP contribution in [0.4, 0.5) is 23.0 Å². The molecule has 2 aromatic heterocycles. The summed E-state index contributed by atoms with van der Waals surface area (Å²) in [6.45, 7) is 6.16. The van der Waals surface area contributed by atoms with Gasteiger partial charge in [-0.25, -0.2) is 4.98 Å². The first-order chi connectivity index (χ1) is 19.5. The maximum Gasteiger partial charge on any atom is 0.257 e. The van der Waals surface area contributed by atoms with Crippen molar-refractivity contribution in [3.8, 4) is 11.6 Å². The average molecular weight is 538 g/mol. The van der Waals surface area contributed by atoms with Gasteiger partial charge < -0.3 is 29.7 Å². The Morgan fingerprint density at radius 3 is 2.65 bits per heavy atom. The number of hydrogen-bond donors (Lipinski definition) is 2. The maximum atomic E-state index is 13.3. The monoisotopic (exact) mass is 537 g/mol. The number of benzene rings is 2. The number of nitrogens with zero attached hydrogens (tertiary/aromatic N) is 5. The van der Waals surface area contributed by atoms with Crippen molar-refractivity contribution in [2.75, 3.05) is 55.9 Å². The summed E-state index contributed by atoms with van der Waals surface area (Å²) in [5.41, 5.74) is 6.60. The highest BCUT2D eigenvalue weighted by molar-refractivity contribution is 6.05. The van der Waals surface area contributed by atoms with Crippen molar-refractivity contribution in [2.24, 2.45) is 0 Å². The summed E-state index contributed by atoms with van der Waals surface area (Å²) in [4.78, 5) is 27.4. The molecule has 40 heavy (non-hydrogen) atoms. The molecule has 1 saturated heterocycles. The molecule has 9 nitrogen and oxygen atoms in total. The highest BCUT2D eigenvalue weighted by atomic mass is 16.5. The van der Waals surface area contributed by atoms with Crippen LogP contribution >= 0.6 is 0 Å². The van der Waals surface area contributed by atoms with Gasteiger partial charge in [0.15, 0.2) is 0 Å². The zero-order valence-corrected chi connectivity index (χ0v) is 23.3. The first-order valence-electron chi connectivity index (χ1n) is 13.9. The standard InChI is InChI=1S/C31H35N7O2/c1-4-21-7-5-6-8-25(21)33-30(39)24-13-14-38-27(24)12-9-22-20-32-31(35-29(22)38)34-26-11-10-23(19-28(26)40-3)37-17-15-36(2)16-18-37/h5-8,10-11,13-14,19-20H,4,9,12,15-18H2,1-3H3,(H,33,39)(H,32,34,35). The average Bonchev–Trinajstić information content (AvgIpc) is 3.43. The van der Waals surface area contributed by atoms with Gasteiger partial charge in [0.1, 0.15) is 11.6 Å². The summed E-state index contributed by atoms with van der Waals surface area (Å²) in [6.07, 6.45) is 6.17. The topological polar surface area (TPSA) is 87.6 Å². The molecule has 0 aliphatic carbocycles. The van der Waals surface area contributed by atoms with E-state index in [2.05, 4.69) is 51.5 Å². The van der Waals surface area contributed by atoms with Gasteiger partial charge in [-0.1, -0.05) is 25.1 Å². The van der Waals surface area contributed by atoms with Crippen molar-refractivity contribution in [3.05, 3.63) is 83.3 Å². The number of anilines is 4. The number of methoxy groups -OCH3 is 1. The zero-order chi connectivity index (χ0) is 27.6. The van der Waals surface area contributed by atoms with Crippen molar-refractivity contribution < 1.29 is 9.53 Å². The molecule has 0 spiro atoms. The molecule has 2 aromatic carbocycles. The van der Waals surface area contributed by atoms with Gasteiger partial charge in [-0.3, -0.25) is 4.79 Å². The van der Waals surface area contributed by atoms with Crippen LogP contribution in [0, 0.1) is 0 Å². The molecule has 0 bridgehead atoms. The van der Waals surface area contributed by atoms with Gasteiger partial charge in [0, 0.05) is 67.3 Å². The molecule has 1 amide bonds. The Morgan fingerprint density at radius 1 is 1.02 bits per heavy atom. The largest absolute Gasteiger partial charge is 0.494 e. The molecule has 2 N–H and O–H groups in total. The number of carbonyl (C=O) groups is 1. The Kier molecular flexibility index (Phi) is 7.13. The second-order valence-electron chi connectivity index (χ2n) is 10.4. The minimum atomic E-state index is -0.101. The van der Waals surface area contributed by atoms with E-state index in [1.807, 2.05) is 53.4 Å². The Hall–Kier alpha value is -4.37. The van der Waals surface area contributed by atoms with Crippen LogP contribution in [0.25, 0.3) is 5.82 Å². The van der Waals surface area contributed by atoms with E-state index in [1.165, 1.54) is 0 Å². The Labute approximate surface area is 234 Å². The number of carbonyl (C=O) groups excluding carboxylic acids is 1. The second kappa shape index (κ2) is 11.0. The van der Waals surface area contributed by atoms with E-state index in [0.29, 0.717) is 11.5 Å². The van der Waals surface area contributed by atoms with E-state index in [-0.39, 0.29) is 5.91 Å². The fourth-order valence-electron chi connectivity index (χ4n) is 5.53. The van der Waals surface area contributed by atoms with Crippen LogP contribution in [0.2, 0.25) is 0 Å². The van der Waals surface area contributed by atoms with Gasteiger partial charge in [0.25, 0.3) is 5.91 Å². The molecule has 0 radical (unpaired) electrons. The Bertz CT molecular complexity index is 1540. The summed E-state index contributed by atoms with van der Waals surface area (Å²) < 4.78 is 7.74. The minimum absolute atomic E-state index is 0.101. The number of para-hydroxylation sites is 1. The van der Waals surface area contributed by atoms with Gasteiger partial charge in [-0.2, -0.15) is 4.98 Å². The highest BCUT2D eigenvalue weighted by Gasteiger charge is 2.24. The number of ether oxygens (including phenoxy) is 1. The zero-order valence-electron chi connectivity index (χ0n) is 23.3. The lowest BCUT2D eigenvalue weighted by Crippen LogP contribution is -2.44. The number of amides is 1. The number of hydrogen-bond acceptors (Lipinski definition) is 7. The lowest BCUT2D eigenvalue weighted by atomic mass is 10.0. The second-order valence-corrected chi connectivity index (χ2v) is 10.4. The van der Waals surface area contributed by atoms with Gasteiger partial charge >= 0.3 is 0 Å². The predicted octanol–water partition coefficient (Wildman–Crippen LogP) is 4.68. The van der Waals surface area contributed by atoms with E-state index in [9.17, 15) is 4.79 Å². The van der Waals surface area contributed by atoms with Gasteiger partial charge in [0.2, 0.25) is 5.95 Å². The van der Waals surface area contributed by atoms with Crippen LogP contribution in [0.5, 0.6) is 5.75 Å². The van der Waals surface area contributed by atoms with Crippen molar-refractivity contribution >= 4 is 28.9 Å². The number of rotatable bonds is 7. The third kappa shape index (κ3) is 5.00. The lowest BCUT2D eigenvalue weighted by Gasteiger charge is -2.34. The molecule has 2 aliphatic rings. The molecular formula is C31H35N7O2. The Balaban J connectivity index is 1.23. The van der Waals surface area contributed by atoms with Crippen LogP contribution in [-0.2, 0) is 19.3 Å². The van der Waals surface area contributed by atoms with E-state index in [1.54, 1.807) is 7.11 Å². The first-order valence-corrected chi connectivity index (χ1v) is 13.9. The molecule has 9 heteroatoms. The molecule has 4 heterocycles. The van der Waals surface area contributed by atoms with Crippen molar-refractivity contribution in [3.63, 3.8) is 0 Å². The van der Waals surface area contributed by atoms with Crippen LogP contribution in [0.1, 0.15) is 34.1 Å². The summed E-state index contributed by atoms with van der Waals surface area (Å²) in [5.74, 6) is 1.91. The SMILES string of the molecule is CCc1ccccc1NC(=O)c1ccn2c1CCc1cnc(Nc3ccc(N4CCN(C)CC4)cc3OC)nc1-2.